The van der Waals surface area contributed by atoms with Crippen molar-refractivity contribution in [3.05, 3.63) is 473 Å². The van der Waals surface area contributed by atoms with Crippen molar-refractivity contribution in [2.24, 2.45) is 0 Å². The Morgan fingerprint density at radius 2 is 0.307 bits per heavy atom. The third-order valence-electron chi connectivity index (χ3n) is 23.9. The van der Waals surface area contributed by atoms with Crippen LogP contribution >= 0.6 is 0 Å². The van der Waals surface area contributed by atoms with Crippen LogP contribution in [-0.4, -0.2) is 51.4 Å². The topological polar surface area (TPSA) is 35.6 Å². The van der Waals surface area contributed by atoms with E-state index < -0.39 is 32.3 Å². The number of rotatable bonds is 19. The van der Waals surface area contributed by atoms with Crippen molar-refractivity contribution < 1.29 is 0 Å². The third-order valence-corrected chi connectivity index (χ3v) is 43.0. The van der Waals surface area contributed by atoms with E-state index in [0.29, 0.717) is 5.82 Å². The lowest BCUT2D eigenvalue weighted by Crippen LogP contribution is -2.74. The second-order valence-corrected chi connectivity index (χ2v) is 45.0. The first-order chi connectivity index (χ1) is 56.5. The van der Waals surface area contributed by atoms with Gasteiger partial charge in [-0.25, -0.2) is 9.97 Å². The van der Waals surface area contributed by atoms with E-state index in [1.165, 1.54) is 83.0 Å². The van der Waals surface area contributed by atoms with Crippen molar-refractivity contribution in [1.29, 1.82) is 0 Å². The van der Waals surface area contributed by atoms with Crippen molar-refractivity contribution in [1.82, 2.24) is 19.1 Å². The molecule has 0 radical (unpaired) electrons. The predicted octanol–water partition coefficient (Wildman–Crippen LogP) is 13.8. The Kier molecular flexibility index (Phi) is 18.0. The smallest absolute Gasteiger partial charge is 0.179 e. The van der Waals surface area contributed by atoms with E-state index >= 15 is 0 Å². The minimum absolute atomic E-state index is 0.620. The SMILES string of the molecule is c1ccc(-c2nc(-n3c4ccc([Si](c5ccccc5)(c5ccccc5)c5ccccc5)cc4c4cc([Si](c5ccccc5)(c5ccccc5)c5ccccc5)ccc43)cc(-n3c4ccc([Si](c5ccccc5)(c5ccccc5)c5ccccc5)cc4c4cc([Si](c5ccccc5)(c5ccccc5)c5ccccc5)ccc43)n2)cc1. The van der Waals surface area contributed by atoms with Gasteiger partial charge in [0.05, 0.1) is 22.1 Å². The molecule has 0 aliphatic carbocycles. The number of nitrogens with zero attached hydrogens (tertiary/aromatic N) is 4. The summed E-state index contributed by atoms with van der Waals surface area (Å²) in [4.78, 5) is 11.8. The summed E-state index contributed by atoms with van der Waals surface area (Å²) in [6.45, 7) is 0. The molecule has 0 fully saturated rings. The Bertz CT molecular complexity index is 5640. The second kappa shape index (κ2) is 29.5. The van der Waals surface area contributed by atoms with Gasteiger partial charge >= 0.3 is 0 Å². The van der Waals surface area contributed by atoms with Gasteiger partial charge in [0.25, 0.3) is 0 Å². The van der Waals surface area contributed by atoms with Crippen molar-refractivity contribution in [3.63, 3.8) is 0 Å². The monoisotopic (exact) mass is 1520 g/mol. The molecule has 0 saturated heterocycles. The van der Waals surface area contributed by atoms with Crippen LogP contribution in [0.4, 0.5) is 0 Å². The van der Waals surface area contributed by atoms with Gasteiger partial charge in [0, 0.05) is 33.2 Å². The molecule has 3 aromatic heterocycles. The van der Waals surface area contributed by atoms with Crippen LogP contribution in [0.2, 0.25) is 0 Å². The van der Waals surface area contributed by atoms with Crippen molar-refractivity contribution in [3.8, 4) is 23.0 Å². The summed E-state index contributed by atoms with van der Waals surface area (Å²) in [7, 11) is -12.4. The molecule has 0 aliphatic heterocycles. The highest BCUT2D eigenvalue weighted by Crippen LogP contribution is 2.37. The van der Waals surface area contributed by atoms with Crippen LogP contribution < -0.4 is 83.0 Å². The minimum Gasteiger partial charge on any atom is -0.294 e. The lowest BCUT2D eigenvalue weighted by molar-refractivity contribution is 0.994. The maximum absolute atomic E-state index is 5.91. The van der Waals surface area contributed by atoms with Gasteiger partial charge in [0.2, 0.25) is 0 Å². The quantitative estimate of drug-likeness (QED) is 0.0597. The molecule has 17 aromatic carbocycles. The van der Waals surface area contributed by atoms with E-state index in [9.17, 15) is 0 Å². The molecule has 0 spiro atoms. The summed E-state index contributed by atoms with van der Waals surface area (Å²) in [5.74, 6) is 2.13. The fraction of sp³-hybridized carbons (Fsp3) is 0. The van der Waals surface area contributed by atoms with Gasteiger partial charge in [-0.1, -0.05) is 443 Å². The Morgan fingerprint density at radius 1 is 0.149 bits per heavy atom. The fourth-order valence-electron chi connectivity index (χ4n) is 19.1. The molecule has 20 aromatic rings. The Balaban J connectivity index is 0.911. The van der Waals surface area contributed by atoms with E-state index in [1.807, 2.05) is 0 Å². The Labute approximate surface area is 669 Å². The van der Waals surface area contributed by atoms with Crippen LogP contribution in [0.15, 0.2) is 473 Å². The van der Waals surface area contributed by atoms with Gasteiger partial charge in [0.1, 0.15) is 11.6 Å². The second-order valence-electron chi connectivity index (χ2n) is 29.8. The number of benzene rings is 17. The van der Waals surface area contributed by atoms with E-state index in [0.717, 1.165) is 60.8 Å². The van der Waals surface area contributed by atoms with Gasteiger partial charge in [-0.3, -0.25) is 9.13 Å². The van der Waals surface area contributed by atoms with E-state index in [1.54, 1.807) is 0 Å². The first-order valence-corrected chi connectivity index (χ1v) is 47.4. The van der Waals surface area contributed by atoms with Gasteiger partial charge in [-0.2, -0.15) is 0 Å². The molecule has 0 amide bonds. The van der Waals surface area contributed by atoms with Gasteiger partial charge < -0.3 is 0 Å². The van der Waals surface area contributed by atoms with Crippen molar-refractivity contribution in [2.75, 3.05) is 0 Å². The third kappa shape index (κ3) is 11.4. The van der Waals surface area contributed by atoms with Crippen molar-refractivity contribution >= 4 is 159 Å². The molecular formula is C106H78N4Si4. The summed E-state index contributed by atoms with van der Waals surface area (Å²) in [6, 6.07) is 178. The van der Waals surface area contributed by atoms with Crippen LogP contribution in [0.5, 0.6) is 0 Å². The standard InChI is InChI=1S/C106H78N4Si4/c1-14-40-79(41-15-1)106-107-104(109-100-70-66-92(111(80-42-16-2-17-43-80,81-44-18-3-19-45-81)82-46-20-4-21-47-82)74-96(100)97-75-93(67-71-101(97)109)112(83-48-22-5-23-49-83,84-50-24-6-25-51-84)85-52-26-7-27-53-85)78-105(108-106)110-102-72-68-94(113(86-54-28-8-29-55-86,87-56-30-9-31-57-87)88-58-32-10-33-59-88)76-98(102)99-77-95(69-73-103(99)110)114(89-60-34-11-35-61-89,90-62-36-12-37-63-90)91-64-38-13-39-65-91/h1-78H. The van der Waals surface area contributed by atoms with Crippen LogP contribution in [0.1, 0.15) is 0 Å². The van der Waals surface area contributed by atoms with Gasteiger partial charge in [0.15, 0.2) is 38.1 Å². The first kappa shape index (κ1) is 69.5. The lowest BCUT2D eigenvalue weighted by atomic mass is 10.1. The van der Waals surface area contributed by atoms with E-state index in [2.05, 4.69) is 482 Å². The summed E-state index contributed by atoms with van der Waals surface area (Å²) in [6.07, 6.45) is 0. The predicted molar refractivity (Wildman–Crippen MR) is 491 cm³/mol. The average molecular weight is 1520 g/mol. The maximum atomic E-state index is 5.91. The molecular weight excluding hydrogens is 1440 g/mol. The van der Waals surface area contributed by atoms with Gasteiger partial charge in [-0.05, 0) is 107 Å². The first-order valence-electron chi connectivity index (χ1n) is 39.4. The van der Waals surface area contributed by atoms with E-state index in [4.69, 9.17) is 9.97 Å². The molecule has 8 heteroatoms. The highest BCUT2D eigenvalue weighted by Gasteiger charge is 2.47. The molecule has 0 N–H and O–H groups in total. The zero-order valence-corrected chi connectivity index (χ0v) is 66.8. The van der Waals surface area contributed by atoms with Crippen molar-refractivity contribution in [2.45, 2.75) is 0 Å². The normalized spacial score (nSPS) is 12.0. The minimum atomic E-state index is -3.11. The molecule has 0 bridgehead atoms. The molecule has 0 unspecified atom stereocenters. The molecule has 114 heavy (non-hydrogen) atoms. The highest BCUT2D eigenvalue weighted by molar-refractivity contribution is 7.22. The molecule has 4 nitrogen and oxygen atoms in total. The molecule has 0 aliphatic rings. The number of hydrogen-bond donors (Lipinski definition) is 0. The largest absolute Gasteiger partial charge is 0.294 e. The molecule has 0 atom stereocenters. The zero-order valence-electron chi connectivity index (χ0n) is 62.8. The zero-order chi connectivity index (χ0) is 75.9. The van der Waals surface area contributed by atoms with Crippen LogP contribution in [0, 0.1) is 0 Å². The number of fused-ring (bicyclic) bond motifs is 6. The maximum Gasteiger partial charge on any atom is 0.179 e. The molecule has 3 heterocycles. The Morgan fingerprint density at radius 3 is 0.474 bits per heavy atom. The average Bonchev–Trinajstić information content (AvgIpc) is 1.48. The summed E-state index contributed by atoms with van der Waals surface area (Å²) >= 11 is 0. The van der Waals surface area contributed by atoms with Crippen LogP contribution in [0.25, 0.3) is 66.6 Å². The number of hydrogen-bond acceptors (Lipinski definition) is 2. The Hall–Kier alpha value is -13.7. The van der Waals surface area contributed by atoms with Crippen LogP contribution in [-0.2, 0) is 0 Å². The molecule has 0 saturated carbocycles. The summed E-state index contributed by atoms with van der Waals surface area (Å²) in [5, 5.41) is 25.5. The fourth-order valence-corrected chi connectivity index (χ4v) is 38.2. The number of aromatic nitrogens is 4. The summed E-state index contributed by atoms with van der Waals surface area (Å²) in [5.41, 5.74) is 5.09. The van der Waals surface area contributed by atoms with Gasteiger partial charge in [-0.15, -0.1) is 0 Å². The highest BCUT2D eigenvalue weighted by atomic mass is 28.3. The van der Waals surface area contributed by atoms with Crippen LogP contribution in [0.3, 0.4) is 0 Å². The molecule has 538 valence electrons. The molecule has 20 rings (SSSR count). The van der Waals surface area contributed by atoms with E-state index in [-0.39, 0.29) is 0 Å². The lowest BCUT2D eigenvalue weighted by Gasteiger charge is -2.34. The summed E-state index contributed by atoms with van der Waals surface area (Å²) < 4.78 is 4.90.